The summed E-state index contributed by atoms with van der Waals surface area (Å²) in [7, 11) is 0. The Bertz CT molecular complexity index is 1250. The zero-order valence-electron chi connectivity index (χ0n) is 13.5. The summed E-state index contributed by atoms with van der Waals surface area (Å²) in [4.78, 5) is 37.7. The molecular weight excluding hydrogens is 334 g/mol. The minimum Gasteiger partial charge on any atom is -0.456 e. The summed E-state index contributed by atoms with van der Waals surface area (Å²) in [6.07, 6.45) is 0. The van der Waals surface area contributed by atoms with E-state index in [0.29, 0.717) is 11.1 Å². The molecule has 6 heteroatoms. The molecule has 1 N–H and O–H groups in total. The van der Waals surface area contributed by atoms with Crippen molar-refractivity contribution in [1.82, 2.24) is 4.98 Å². The van der Waals surface area contributed by atoms with Gasteiger partial charge in [0, 0.05) is 23.1 Å². The number of pyridine rings is 1. The van der Waals surface area contributed by atoms with Crippen molar-refractivity contribution in [3.05, 3.63) is 92.7 Å². The summed E-state index contributed by atoms with van der Waals surface area (Å²) in [6.45, 7) is -0.119. The van der Waals surface area contributed by atoms with Crippen LogP contribution in [0, 0.1) is 0 Å². The van der Waals surface area contributed by atoms with Gasteiger partial charge >= 0.3 is 11.6 Å². The maximum absolute atomic E-state index is 12.2. The summed E-state index contributed by atoms with van der Waals surface area (Å²) in [6, 6.07) is 16.8. The molecule has 128 valence electrons. The number of benzene rings is 2. The van der Waals surface area contributed by atoms with E-state index >= 15 is 0 Å². The van der Waals surface area contributed by atoms with Crippen molar-refractivity contribution in [3.8, 4) is 0 Å². The van der Waals surface area contributed by atoms with Crippen molar-refractivity contribution in [2.24, 2.45) is 0 Å². The first-order chi connectivity index (χ1) is 12.6. The van der Waals surface area contributed by atoms with E-state index in [1.165, 1.54) is 24.3 Å². The Hall–Kier alpha value is -3.67. The zero-order chi connectivity index (χ0) is 18.1. The second kappa shape index (κ2) is 6.33. The highest BCUT2D eigenvalue weighted by atomic mass is 16.5. The van der Waals surface area contributed by atoms with E-state index in [2.05, 4.69) is 4.98 Å². The van der Waals surface area contributed by atoms with Crippen LogP contribution in [0.4, 0.5) is 0 Å². The van der Waals surface area contributed by atoms with Crippen molar-refractivity contribution in [2.75, 3.05) is 0 Å². The summed E-state index contributed by atoms with van der Waals surface area (Å²) in [5.41, 5.74) is 0.105. The van der Waals surface area contributed by atoms with Crippen molar-refractivity contribution in [3.63, 3.8) is 0 Å². The molecular formula is C20H13NO5. The average molecular weight is 347 g/mol. The summed E-state index contributed by atoms with van der Waals surface area (Å²) >= 11 is 0. The molecule has 26 heavy (non-hydrogen) atoms. The lowest BCUT2D eigenvalue weighted by Gasteiger charge is -2.09. The van der Waals surface area contributed by atoms with Crippen LogP contribution in [-0.2, 0) is 11.3 Å². The fourth-order valence-electron chi connectivity index (χ4n) is 2.92. The zero-order valence-corrected chi connectivity index (χ0v) is 13.5. The van der Waals surface area contributed by atoms with E-state index in [1.54, 1.807) is 6.07 Å². The van der Waals surface area contributed by atoms with Crippen LogP contribution in [0.25, 0.3) is 21.7 Å². The number of esters is 1. The van der Waals surface area contributed by atoms with Crippen molar-refractivity contribution >= 4 is 27.7 Å². The smallest absolute Gasteiger partial charge is 0.355 e. The molecule has 4 rings (SSSR count). The van der Waals surface area contributed by atoms with Crippen LogP contribution in [0.5, 0.6) is 0 Å². The molecule has 6 nitrogen and oxygen atoms in total. The number of fused-ring (bicyclic) bond motifs is 3. The van der Waals surface area contributed by atoms with Gasteiger partial charge in [-0.2, -0.15) is 0 Å². The topological polar surface area (TPSA) is 89.4 Å². The second-order valence-electron chi connectivity index (χ2n) is 5.76. The molecule has 0 unspecified atom stereocenters. The van der Waals surface area contributed by atoms with Gasteiger partial charge in [-0.05, 0) is 22.9 Å². The Balaban J connectivity index is 1.76. The molecule has 0 aliphatic rings. The molecule has 4 aromatic rings. The first-order valence-corrected chi connectivity index (χ1v) is 7.93. The maximum atomic E-state index is 12.2. The van der Waals surface area contributed by atoms with Gasteiger partial charge in [0.25, 0.3) is 0 Å². The Morgan fingerprint density at radius 2 is 1.85 bits per heavy atom. The van der Waals surface area contributed by atoms with Gasteiger partial charge in [-0.25, -0.2) is 9.59 Å². The van der Waals surface area contributed by atoms with Crippen LogP contribution in [0.15, 0.2) is 74.7 Å². The average Bonchev–Trinajstić information content (AvgIpc) is 2.65. The first kappa shape index (κ1) is 15.8. The first-order valence-electron chi connectivity index (χ1n) is 7.93. The van der Waals surface area contributed by atoms with Gasteiger partial charge in [0.2, 0.25) is 5.56 Å². The quantitative estimate of drug-likeness (QED) is 0.350. The van der Waals surface area contributed by atoms with Crippen LogP contribution in [0.3, 0.4) is 0 Å². The summed E-state index contributed by atoms with van der Waals surface area (Å²) in [5.74, 6) is -0.677. The van der Waals surface area contributed by atoms with Gasteiger partial charge in [0.15, 0.2) is 0 Å². The van der Waals surface area contributed by atoms with Crippen LogP contribution >= 0.6 is 0 Å². The molecule has 2 heterocycles. The number of aromatic nitrogens is 1. The Morgan fingerprint density at radius 3 is 2.69 bits per heavy atom. The van der Waals surface area contributed by atoms with E-state index in [-0.39, 0.29) is 12.3 Å². The highest BCUT2D eigenvalue weighted by Gasteiger charge is 2.13. The van der Waals surface area contributed by atoms with E-state index in [9.17, 15) is 14.4 Å². The molecule has 2 aromatic heterocycles. The standard InChI is InChI=1S/C20H13NO5/c22-17-7-3-6-15(21-17)20(24)25-11-13-10-18(23)26-16-9-8-12-4-1-2-5-14(12)19(13)16/h1-10H,11H2,(H,21,22). The minimum absolute atomic E-state index is 0.0506. The monoisotopic (exact) mass is 347 g/mol. The predicted octanol–water partition coefficient (Wildman–Crippen LogP) is 2.99. The number of aromatic amines is 1. The van der Waals surface area contributed by atoms with Gasteiger partial charge in [-0.3, -0.25) is 4.79 Å². The fraction of sp³-hybridized carbons (Fsp3) is 0.0500. The summed E-state index contributed by atoms with van der Waals surface area (Å²) < 4.78 is 10.6. The second-order valence-corrected chi connectivity index (χ2v) is 5.76. The Morgan fingerprint density at radius 1 is 1.00 bits per heavy atom. The third-order valence-electron chi connectivity index (χ3n) is 4.06. The van der Waals surface area contributed by atoms with Crippen molar-refractivity contribution in [2.45, 2.75) is 6.61 Å². The highest BCUT2D eigenvalue weighted by Crippen LogP contribution is 2.27. The number of hydrogen-bond donors (Lipinski definition) is 1. The third kappa shape index (κ3) is 2.88. The van der Waals surface area contributed by atoms with E-state index < -0.39 is 17.2 Å². The number of ether oxygens (including phenoxy) is 1. The lowest BCUT2D eigenvalue weighted by atomic mass is 10.0. The van der Waals surface area contributed by atoms with Crippen LogP contribution in [0.2, 0.25) is 0 Å². The molecule has 0 spiro atoms. The number of carbonyl (C=O) groups excluding carboxylic acids is 1. The molecule has 2 aromatic carbocycles. The molecule has 0 bridgehead atoms. The van der Waals surface area contributed by atoms with Crippen LogP contribution in [-0.4, -0.2) is 11.0 Å². The van der Waals surface area contributed by atoms with Crippen molar-refractivity contribution < 1.29 is 13.9 Å². The van der Waals surface area contributed by atoms with Gasteiger partial charge in [0.05, 0.1) is 0 Å². The highest BCUT2D eigenvalue weighted by molar-refractivity contribution is 6.07. The molecule has 0 aliphatic carbocycles. The number of nitrogens with one attached hydrogen (secondary N) is 1. The number of rotatable bonds is 3. The van der Waals surface area contributed by atoms with Crippen LogP contribution in [0.1, 0.15) is 16.1 Å². The molecule has 0 saturated carbocycles. The molecule has 0 radical (unpaired) electrons. The van der Waals surface area contributed by atoms with Gasteiger partial charge in [0.1, 0.15) is 17.9 Å². The van der Waals surface area contributed by atoms with E-state index in [1.807, 2.05) is 30.3 Å². The van der Waals surface area contributed by atoms with Crippen LogP contribution < -0.4 is 11.2 Å². The Kier molecular flexibility index (Phi) is 3.85. The number of hydrogen-bond acceptors (Lipinski definition) is 5. The normalized spacial score (nSPS) is 10.9. The van der Waals surface area contributed by atoms with E-state index in [4.69, 9.17) is 9.15 Å². The maximum Gasteiger partial charge on any atom is 0.355 e. The van der Waals surface area contributed by atoms with Gasteiger partial charge in [-0.15, -0.1) is 0 Å². The molecule has 0 amide bonds. The summed E-state index contributed by atoms with van der Waals surface area (Å²) in [5, 5.41) is 2.60. The molecule has 0 atom stereocenters. The van der Waals surface area contributed by atoms with Gasteiger partial charge in [-0.1, -0.05) is 36.4 Å². The third-order valence-corrected chi connectivity index (χ3v) is 4.06. The molecule has 0 saturated heterocycles. The lowest BCUT2D eigenvalue weighted by molar-refractivity contribution is 0.0466. The Labute approximate surface area is 146 Å². The molecule has 0 fully saturated rings. The minimum atomic E-state index is -0.677. The number of H-pyrrole nitrogens is 1. The van der Waals surface area contributed by atoms with E-state index in [0.717, 1.165) is 16.2 Å². The van der Waals surface area contributed by atoms with Gasteiger partial charge < -0.3 is 14.1 Å². The fourth-order valence-corrected chi connectivity index (χ4v) is 2.92. The lowest BCUT2D eigenvalue weighted by Crippen LogP contribution is -2.14. The largest absolute Gasteiger partial charge is 0.456 e. The molecule has 0 aliphatic heterocycles. The van der Waals surface area contributed by atoms with Crippen molar-refractivity contribution in [1.29, 1.82) is 0 Å². The number of carbonyl (C=O) groups is 1. The predicted molar refractivity (Wildman–Crippen MR) is 96.2 cm³/mol. The SMILES string of the molecule is O=C(OCc1cc(=O)oc2ccc3ccccc3c12)c1cccc(=O)[nH]1.